The number of nitrogens with one attached hydrogen (secondary N) is 1. The van der Waals surface area contributed by atoms with Crippen molar-refractivity contribution >= 4 is 17.6 Å². The molecule has 0 aliphatic carbocycles. The van der Waals surface area contributed by atoms with Crippen molar-refractivity contribution in [2.24, 2.45) is 0 Å². The zero-order valence-corrected chi connectivity index (χ0v) is 13.3. The van der Waals surface area contributed by atoms with Crippen LogP contribution in [0, 0.1) is 0 Å². The van der Waals surface area contributed by atoms with Gasteiger partial charge in [0.2, 0.25) is 5.91 Å². The number of ether oxygens (including phenoxy) is 3. The van der Waals surface area contributed by atoms with Gasteiger partial charge in [0.1, 0.15) is 0 Å². The molecule has 1 saturated heterocycles. The summed E-state index contributed by atoms with van der Waals surface area (Å²) in [4.78, 5) is 23.4. The molecule has 0 bridgehead atoms. The van der Waals surface area contributed by atoms with Crippen LogP contribution in [0.2, 0.25) is 0 Å². The summed E-state index contributed by atoms with van der Waals surface area (Å²) in [6.07, 6.45) is 3.04. The van der Waals surface area contributed by atoms with Crippen LogP contribution in [0.15, 0.2) is 12.1 Å². The van der Waals surface area contributed by atoms with Gasteiger partial charge in [-0.25, -0.2) is 4.79 Å². The number of carboxylic acid groups (broad SMARTS) is 1. The van der Waals surface area contributed by atoms with Gasteiger partial charge >= 0.3 is 5.97 Å². The summed E-state index contributed by atoms with van der Waals surface area (Å²) in [5.41, 5.74) is 0.275. The number of amides is 1. The zero-order valence-electron chi connectivity index (χ0n) is 13.3. The predicted octanol–water partition coefficient (Wildman–Crippen LogP) is 2.30. The van der Waals surface area contributed by atoms with E-state index in [-0.39, 0.29) is 41.2 Å². The second-order valence-corrected chi connectivity index (χ2v) is 5.31. The first kappa shape index (κ1) is 17.1. The Kier molecular flexibility index (Phi) is 5.81. The highest BCUT2D eigenvalue weighted by Gasteiger charge is 2.21. The van der Waals surface area contributed by atoms with E-state index in [1.54, 1.807) is 0 Å². The normalized spacial score (nSPS) is 17.4. The molecule has 1 unspecified atom stereocenters. The van der Waals surface area contributed by atoms with Crippen LogP contribution in [0.25, 0.3) is 0 Å². The van der Waals surface area contributed by atoms with Crippen molar-refractivity contribution in [1.29, 1.82) is 0 Å². The Bertz CT molecular complexity index is 580. The van der Waals surface area contributed by atoms with E-state index in [2.05, 4.69) is 5.32 Å². The minimum absolute atomic E-state index is 0.00636. The molecular formula is C16H21NO6. The molecule has 2 rings (SSSR count). The van der Waals surface area contributed by atoms with Crippen LogP contribution in [0.4, 0.5) is 5.69 Å². The van der Waals surface area contributed by atoms with Gasteiger partial charge in [-0.05, 0) is 31.4 Å². The van der Waals surface area contributed by atoms with Crippen LogP contribution in [-0.2, 0) is 9.53 Å². The number of carbonyl (C=O) groups excluding carboxylic acids is 1. The minimum atomic E-state index is -1.11. The highest BCUT2D eigenvalue weighted by molar-refractivity contribution is 5.96. The lowest BCUT2D eigenvalue weighted by molar-refractivity contribution is -0.119. The molecule has 1 aliphatic heterocycles. The Morgan fingerprint density at radius 2 is 2.09 bits per heavy atom. The molecule has 1 atom stereocenters. The van der Waals surface area contributed by atoms with Gasteiger partial charge in [-0.15, -0.1) is 0 Å². The van der Waals surface area contributed by atoms with Gasteiger partial charge in [0.15, 0.2) is 11.5 Å². The fourth-order valence-electron chi connectivity index (χ4n) is 2.56. The van der Waals surface area contributed by atoms with Gasteiger partial charge in [-0.2, -0.15) is 0 Å². The van der Waals surface area contributed by atoms with Crippen LogP contribution in [0.3, 0.4) is 0 Å². The molecule has 0 spiro atoms. The molecule has 2 N–H and O–H groups in total. The Labute approximate surface area is 134 Å². The van der Waals surface area contributed by atoms with Crippen molar-refractivity contribution in [3.63, 3.8) is 0 Å². The summed E-state index contributed by atoms with van der Waals surface area (Å²) in [5, 5.41) is 11.9. The number of aromatic carboxylic acids is 1. The first-order chi connectivity index (χ1) is 11.0. The molecule has 7 nitrogen and oxygen atoms in total. The molecule has 7 heteroatoms. The van der Waals surface area contributed by atoms with E-state index in [4.69, 9.17) is 19.3 Å². The molecule has 0 aromatic heterocycles. The number of hydrogen-bond donors (Lipinski definition) is 2. The van der Waals surface area contributed by atoms with Gasteiger partial charge in [-0.3, -0.25) is 4.79 Å². The number of benzene rings is 1. The standard InChI is InChI=1S/C16H21NO6/c1-21-13-8-10(16(19)20)7-12(15(13)22-2)17-14(18)9-11-5-3-4-6-23-11/h7-8,11H,3-6,9H2,1-2H3,(H,17,18)(H,19,20). The predicted molar refractivity (Wildman–Crippen MR) is 83.3 cm³/mol. The van der Waals surface area contributed by atoms with Crippen LogP contribution in [-0.4, -0.2) is 43.9 Å². The minimum Gasteiger partial charge on any atom is -0.493 e. The van der Waals surface area contributed by atoms with Crippen LogP contribution < -0.4 is 14.8 Å². The lowest BCUT2D eigenvalue weighted by atomic mass is 10.1. The third kappa shape index (κ3) is 4.35. The lowest BCUT2D eigenvalue weighted by Gasteiger charge is -2.22. The maximum Gasteiger partial charge on any atom is 0.335 e. The number of anilines is 1. The molecule has 1 amide bonds. The van der Waals surface area contributed by atoms with Crippen molar-refractivity contribution in [2.75, 3.05) is 26.1 Å². The highest BCUT2D eigenvalue weighted by atomic mass is 16.5. The first-order valence-corrected chi connectivity index (χ1v) is 7.46. The Morgan fingerprint density at radius 1 is 1.30 bits per heavy atom. The van der Waals surface area contributed by atoms with E-state index >= 15 is 0 Å². The molecule has 1 aromatic rings. The second kappa shape index (κ2) is 7.82. The zero-order chi connectivity index (χ0) is 16.8. The number of hydrogen-bond acceptors (Lipinski definition) is 5. The maximum atomic E-state index is 12.2. The summed E-state index contributed by atoms with van der Waals surface area (Å²) in [5.74, 6) is -0.830. The molecule has 23 heavy (non-hydrogen) atoms. The largest absolute Gasteiger partial charge is 0.493 e. The summed E-state index contributed by atoms with van der Waals surface area (Å²) < 4.78 is 15.9. The highest BCUT2D eigenvalue weighted by Crippen LogP contribution is 2.36. The van der Waals surface area contributed by atoms with Gasteiger partial charge in [0.25, 0.3) is 0 Å². The molecule has 0 radical (unpaired) electrons. The van der Waals surface area contributed by atoms with Crippen LogP contribution >= 0.6 is 0 Å². The topological polar surface area (TPSA) is 94.1 Å². The molecule has 0 saturated carbocycles. The van der Waals surface area contributed by atoms with Gasteiger partial charge in [0.05, 0.1) is 38.0 Å². The summed E-state index contributed by atoms with van der Waals surface area (Å²) in [6, 6.07) is 2.70. The average molecular weight is 323 g/mol. The second-order valence-electron chi connectivity index (χ2n) is 5.31. The van der Waals surface area contributed by atoms with E-state index in [1.807, 2.05) is 0 Å². The van der Waals surface area contributed by atoms with E-state index in [0.717, 1.165) is 19.3 Å². The molecule has 126 valence electrons. The van der Waals surface area contributed by atoms with E-state index in [0.29, 0.717) is 6.61 Å². The number of carboxylic acids is 1. The maximum absolute atomic E-state index is 12.2. The Balaban J connectivity index is 2.17. The Morgan fingerprint density at radius 3 is 2.65 bits per heavy atom. The quantitative estimate of drug-likeness (QED) is 0.834. The number of methoxy groups -OCH3 is 2. The third-order valence-electron chi connectivity index (χ3n) is 3.69. The van der Waals surface area contributed by atoms with Crippen LogP contribution in [0.1, 0.15) is 36.0 Å². The van der Waals surface area contributed by atoms with E-state index in [9.17, 15) is 9.59 Å². The number of rotatable bonds is 6. The number of carbonyl (C=O) groups is 2. The molecule has 1 fully saturated rings. The summed E-state index contributed by atoms with van der Waals surface area (Å²) in [6.45, 7) is 0.670. The molecule has 1 heterocycles. The van der Waals surface area contributed by atoms with Crippen molar-refractivity contribution in [3.8, 4) is 11.5 Å². The molecule has 1 aliphatic rings. The SMILES string of the molecule is COc1cc(C(=O)O)cc(NC(=O)CC2CCCCO2)c1OC. The third-order valence-corrected chi connectivity index (χ3v) is 3.69. The van der Waals surface area contributed by atoms with E-state index < -0.39 is 5.97 Å². The molecular weight excluding hydrogens is 302 g/mol. The lowest BCUT2D eigenvalue weighted by Crippen LogP contribution is -2.25. The summed E-state index contributed by atoms with van der Waals surface area (Å²) >= 11 is 0. The monoisotopic (exact) mass is 323 g/mol. The van der Waals surface area contributed by atoms with Crippen molar-refractivity contribution in [1.82, 2.24) is 0 Å². The Hall–Kier alpha value is -2.28. The average Bonchev–Trinajstić information content (AvgIpc) is 2.54. The summed E-state index contributed by atoms with van der Waals surface area (Å²) in [7, 11) is 2.84. The van der Waals surface area contributed by atoms with Crippen molar-refractivity contribution in [2.45, 2.75) is 31.8 Å². The van der Waals surface area contributed by atoms with Gasteiger partial charge < -0.3 is 24.6 Å². The fraction of sp³-hybridized carbons (Fsp3) is 0.500. The fourth-order valence-corrected chi connectivity index (χ4v) is 2.56. The van der Waals surface area contributed by atoms with Crippen molar-refractivity contribution in [3.05, 3.63) is 17.7 Å². The van der Waals surface area contributed by atoms with Crippen LogP contribution in [0.5, 0.6) is 11.5 Å². The van der Waals surface area contributed by atoms with Gasteiger partial charge in [-0.1, -0.05) is 0 Å². The van der Waals surface area contributed by atoms with Gasteiger partial charge in [0, 0.05) is 6.61 Å². The molecule has 1 aromatic carbocycles. The van der Waals surface area contributed by atoms with Crippen molar-refractivity contribution < 1.29 is 28.9 Å². The smallest absolute Gasteiger partial charge is 0.335 e. The van der Waals surface area contributed by atoms with E-state index in [1.165, 1.54) is 26.4 Å². The first-order valence-electron chi connectivity index (χ1n) is 7.46.